The maximum atomic E-state index is 12.3. The third kappa shape index (κ3) is 4.17. The number of nitrogens with one attached hydrogen (secondary N) is 1. The summed E-state index contributed by atoms with van der Waals surface area (Å²) in [5, 5.41) is 2.97. The van der Waals surface area contributed by atoms with E-state index in [1.54, 1.807) is 0 Å². The molecule has 2 saturated heterocycles. The summed E-state index contributed by atoms with van der Waals surface area (Å²) in [5.74, 6) is -0.143. The molecule has 2 fully saturated rings. The van der Waals surface area contributed by atoms with Gasteiger partial charge in [-0.25, -0.2) is 8.42 Å². The van der Waals surface area contributed by atoms with Crippen LogP contribution in [0.25, 0.3) is 0 Å². The Kier molecular flexibility index (Phi) is 5.62. The van der Waals surface area contributed by atoms with Crippen molar-refractivity contribution in [3.8, 4) is 0 Å². The van der Waals surface area contributed by atoms with E-state index in [1.165, 1.54) is 23.4 Å². The first-order chi connectivity index (χ1) is 9.93. The summed E-state index contributed by atoms with van der Waals surface area (Å²) in [6.07, 6.45) is 6.02. The molecule has 122 valence electrons. The van der Waals surface area contributed by atoms with E-state index in [1.807, 2.05) is 0 Å². The van der Waals surface area contributed by atoms with Gasteiger partial charge in [0.1, 0.15) is 6.04 Å². The van der Waals surface area contributed by atoms with E-state index in [0.29, 0.717) is 25.6 Å². The molecule has 2 atom stereocenters. The normalized spacial score (nSPS) is 26.1. The van der Waals surface area contributed by atoms with E-state index in [4.69, 9.17) is 0 Å². The molecular formula is C14H27N3O3S. The van der Waals surface area contributed by atoms with Gasteiger partial charge in [-0.1, -0.05) is 6.92 Å². The number of hydrogen-bond acceptors (Lipinski definition) is 4. The predicted octanol–water partition coefficient (Wildman–Crippen LogP) is 0.401. The minimum atomic E-state index is -3.29. The molecular weight excluding hydrogens is 290 g/mol. The zero-order valence-corrected chi connectivity index (χ0v) is 13.9. The second kappa shape index (κ2) is 7.07. The Hall–Kier alpha value is -0.660. The molecule has 1 N–H and O–H groups in total. The van der Waals surface area contributed by atoms with Gasteiger partial charge in [0.15, 0.2) is 0 Å². The number of likely N-dealkylation sites (tertiary alicyclic amines) is 1. The monoisotopic (exact) mass is 317 g/mol. The van der Waals surface area contributed by atoms with Crippen LogP contribution in [-0.2, 0) is 14.8 Å². The molecule has 2 heterocycles. The fraction of sp³-hybridized carbons (Fsp3) is 0.929. The maximum absolute atomic E-state index is 12.3. The molecule has 0 aromatic carbocycles. The Balaban J connectivity index is 1.88. The summed E-state index contributed by atoms with van der Waals surface area (Å²) in [4.78, 5) is 14.7. The van der Waals surface area contributed by atoms with Crippen molar-refractivity contribution in [3.63, 3.8) is 0 Å². The number of rotatable bonds is 6. The van der Waals surface area contributed by atoms with E-state index in [0.717, 1.165) is 25.9 Å². The Morgan fingerprint density at radius 2 is 1.90 bits per heavy atom. The van der Waals surface area contributed by atoms with Crippen LogP contribution in [0.2, 0.25) is 0 Å². The van der Waals surface area contributed by atoms with Crippen molar-refractivity contribution >= 4 is 15.9 Å². The molecule has 21 heavy (non-hydrogen) atoms. The number of sulfonamides is 1. The van der Waals surface area contributed by atoms with Crippen molar-refractivity contribution in [2.45, 2.75) is 51.1 Å². The van der Waals surface area contributed by atoms with Crippen molar-refractivity contribution in [3.05, 3.63) is 0 Å². The molecule has 2 rings (SSSR count). The van der Waals surface area contributed by atoms with Gasteiger partial charge < -0.3 is 5.32 Å². The van der Waals surface area contributed by atoms with Gasteiger partial charge in [0.05, 0.1) is 6.26 Å². The Morgan fingerprint density at radius 3 is 2.48 bits per heavy atom. The molecule has 0 spiro atoms. The lowest BCUT2D eigenvalue weighted by molar-refractivity contribution is -0.124. The fourth-order valence-corrected chi connectivity index (χ4v) is 4.50. The lowest BCUT2D eigenvalue weighted by atomic mass is 10.1. The molecule has 2 aliphatic rings. The molecule has 1 amide bonds. The van der Waals surface area contributed by atoms with Gasteiger partial charge in [-0.2, -0.15) is 4.31 Å². The number of carbonyl (C=O) groups excluding carboxylic acids is 1. The summed E-state index contributed by atoms with van der Waals surface area (Å²) in [6.45, 7) is 5.41. The standard InChI is InChI=1S/C14H27N3O3S/c1-3-12(16-8-4-5-9-16)11-15-14(18)13-7-6-10-17(13)21(2,19)20/h12-13H,3-11H2,1-2H3,(H,15,18)/t12-,13+/m0/s1. The summed E-state index contributed by atoms with van der Waals surface area (Å²) in [6, 6.07) is -0.152. The Bertz CT molecular complexity index is 460. The molecule has 0 aliphatic carbocycles. The molecule has 0 aromatic heterocycles. The third-order valence-corrected chi connectivity index (χ3v) is 5.86. The summed E-state index contributed by atoms with van der Waals surface area (Å²) in [5.41, 5.74) is 0. The molecule has 0 bridgehead atoms. The largest absolute Gasteiger partial charge is 0.353 e. The van der Waals surface area contributed by atoms with E-state index >= 15 is 0 Å². The van der Waals surface area contributed by atoms with Crippen LogP contribution in [-0.4, -0.2) is 68.0 Å². The predicted molar refractivity (Wildman–Crippen MR) is 82.5 cm³/mol. The first-order valence-electron chi connectivity index (χ1n) is 7.92. The highest BCUT2D eigenvalue weighted by atomic mass is 32.2. The van der Waals surface area contributed by atoms with Gasteiger partial charge >= 0.3 is 0 Å². The van der Waals surface area contributed by atoms with Crippen LogP contribution in [0.5, 0.6) is 0 Å². The molecule has 2 aliphatic heterocycles. The molecule has 0 unspecified atom stereocenters. The zero-order chi connectivity index (χ0) is 15.5. The highest BCUT2D eigenvalue weighted by Gasteiger charge is 2.36. The fourth-order valence-electron chi connectivity index (χ4n) is 3.37. The van der Waals surface area contributed by atoms with Gasteiger partial charge in [0, 0.05) is 19.1 Å². The summed E-state index contributed by atoms with van der Waals surface area (Å²) in [7, 11) is -3.29. The number of nitrogens with zero attached hydrogens (tertiary/aromatic N) is 2. The van der Waals surface area contributed by atoms with Gasteiger partial charge in [-0.3, -0.25) is 9.69 Å². The second-order valence-corrected chi connectivity index (χ2v) is 8.02. The number of amides is 1. The average Bonchev–Trinajstić information content (AvgIpc) is 3.09. The lowest BCUT2D eigenvalue weighted by Gasteiger charge is -2.28. The van der Waals surface area contributed by atoms with E-state index < -0.39 is 16.1 Å². The number of hydrogen-bond donors (Lipinski definition) is 1. The molecule has 6 nitrogen and oxygen atoms in total. The quantitative estimate of drug-likeness (QED) is 0.770. The van der Waals surface area contributed by atoms with Crippen LogP contribution < -0.4 is 5.32 Å². The van der Waals surface area contributed by atoms with Crippen LogP contribution in [0.4, 0.5) is 0 Å². The van der Waals surface area contributed by atoms with Gasteiger partial charge in [-0.05, 0) is 45.2 Å². The van der Waals surface area contributed by atoms with E-state index in [-0.39, 0.29) is 5.91 Å². The minimum absolute atomic E-state index is 0.143. The van der Waals surface area contributed by atoms with Crippen molar-refractivity contribution in [1.82, 2.24) is 14.5 Å². The second-order valence-electron chi connectivity index (χ2n) is 6.08. The third-order valence-electron chi connectivity index (χ3n) is 4.57. The van der Waals surface area contributed by atoms with Crippen molar-refractivity contribution in [2.75, 3.05) is 32.4 Å². The first-order valence-corrected chi connectivity index (χ1v) is 9.77. The Labute approximate surface area is 127 Å². The van der Waals surface area contributed by atoms with Gasteiger partial charge in [-0.15, -0.1) is 0 Å². The van der Waals surface area contributed by atoms with Crippen LogP contribution >= 0.6 is 0 Å². The molecule has 7 heteroatoms. The van der Waals surface area contributed by atoms with Crippen molar-refractivity contribution in [2.24, 2.45) is 0 Å². The maximum Gasteiger partial charge on any atom is 0.238 e. The van der Waals surface area contributed by atoms with Crippen LogP contribution in [0.1, 0.15) is 39.0 Å². The van der Waals surface area contributed by atoms with Crippen molar-refractivity contribution in [1.29, 1.82) is 0 Å². The summed E-state index contributed by atoms with van der Waals surface area (Å²) < 4.78 is 24.7. The van der Waals surface area contributed by atoms with E-state index in [9.17, 15) is 13.2 Å². The van der Waals surface area contributed by atoms with Crippen molar-refractivity contribution < 1.29 is 13.2 Å². The SMILES string of the molecule is CC[C@@H](CNC(=O)[C@H]1CCCN1S(C)(=O)=O)N1CCCC1. The van der Waals surface area contributed by atoms with Gasteiger partial charge in [0.2, 0.25) is 15.9 Å². The smallest absolute Gasteiger partial charge is 0.238 e. The first kappa shape index (κ1) is 16.7. The molecule has 0 saturated carbocycles. The topological polar surface area (TPSA) is 69.7 Å². The summed E-state index contributed by atoms with van der Waals surface area (Å²) >= 11 is 0. The highest BCUT2D eigenvalue weighted by molar-refractivity contribution is 7.88. The van der Waals surface area contributed by atoms with Crippen LogP contribution in [0.3, 0.4) is 0 Å². The Morgan fingerprint density at radius 1 is 1.24 bits per heavy atom. The number of carbonyl (C=O) groups is 1. The zero-order valence-electron chi connectivity index (χ0n) is 13.0. The van der Waals surface area contributed by atoms with E-state index in [2.05, 4.69) is 17.1 Å². The molecule has 0 aromatic rings. The van der Waals surface area contributed by atoms with Gasteiger partial charge in [0.25, 0.3) is 0 Å². The van der Waals surface area contributed by atoms with Crippen LogP contribution in [0, 0.1) is 0 Å². The highest BCUT2D eigenvalue weighted by Crippen LogP contribution is 2.20. The lowest BCUT2D eigenvalue weighted by Crippen LogP contribution is -2.49. The molecule has 0 radical (unpaired) electrons. The van der Waals surface area contributed by atoms with Crippen LogP contribution in [0.15, 0.2) is 0 Å². The minimum Gasteiger partial charge on any atom is -0.353 e. The average molecular weight is 317 g/mol.